The summed E-state index contributed by atoms with van der Waals surface area (Å²) in [6.45, 7) is 2.04. The second kappa shape index (κ2) is 7.36. The molecule has 3 rings (SSSR count). The maximum atomic E-state index is 12.2. The summed E-state index contributed by atoms with van der Waals surface area (Å²) in [6, 6.07) is 14.3. The van der Waals surface area contributed by atoms with Crippen molar-refractivity contribution in [3.63, 3.8) is 0 Å². The van der Waals surface area contributed by atoms with E-state index in [2.05, 4.69) is 20.6 Å². The van der Waals surface area contributed by atoms with Gasteiger partial charge in [0, 0.05) is 6.20 Å². The average Bonchev–Trinajstić information content (AvgIpc) is 3.10. The van der Waals surface area contributed by atoms with Gasteiger partial charge in [-0.05, 0) is 31.2 Å². The lowest BCUT2D eigenvalue weighted by molar-refractivity contribution is -0.119. The molecule has 0 fully saturated rings. The molecule has 0 radical (unpaired) electrons. The lowest BCUT2D eigenvalue weighted by Gasteiger charge is -2.11. The molecule has 0 saturated carbocycles. The largest absolute Gasteiger partial charge is 0.487 e. The van der Waals surface area contributed by atoms with Gasteiger partial charge < -0.3 is 10.1 Å². The number of anilines is 1. The van der Waals surface area contributed by atoms with E-state index in [1.54, 1.807) is 31.5 Å². The van der Waals surface area contributed by atoms with Crippen LogP contribution in [0.15, 0.2) is 60.9 Å². The number of benzene rings is 1. The number of nitrogens with one attached hydrogen (secondary N) is 1. The molecule has 0 unspecified atom stereocenters. The Kier molecular flexibility index (Phi) is 4.81. The van der Waals surface area contributed by atoms with Gasteiger partial charge in [0.15, 0.2) is 0 Å². The van der Waals surface area contributed by atoms with Gasteiger partial charge in [-0.15, -0.1) is 5.10 Å². The Morgan fingerprint density at radius 3 is 2.75 bits per heavy atom. The molecule has 122 valence electrons. The predicted octanol–water partition coefficient (Wildman–Crippen LogP) is 2.45. The topological polar surface area (TPSA) is 81.9 Å². The molecule has 3 aromatic rings. The van der Waals surface area contributed by atoms with Crippen molar-refractivity contribution in [1.82, 2.24) is 20.0 Å². The number of para-hydroxylation sites is 1. The number of hydrogen-bond donors (Lipinski definition) is 1. The Morgan fingerprint density at radius 1 is 1.21 bits per heavy atom. The van der Waals surface area contributed by atoms with Gasteiger partial charge in [-0.2, -0.15) is 0 Å². The van der Waals surface area contributed by atoms with E-state index in [9.17, 15) is 4.79 Å². The highest BCUT2D eigenvalue weighted by atomic mass is 16.5. The number of nitrogens with zero attached hydrogens (tertiary/aromatic N) is 4. The Labute approximate surface area is 139 Å². The van der Waals surface area contributed by atoms with Crippen LogP contribution >= 0.6 is 0 Å². The summed E-state index contributed by atoms with van der Waals surface area (Å²) < 4.78 is 7.12. The van der Waals surface area contributed by atoms with Gasteiger partial charge in [0.2, 0.25) is 5.91 Å². The van der Waals surface area contributed by atoms with Crippen molar-refractivity contribution in [2.24, 2.45) is 0 Å². The van der Waals surface area contributed by atoms with Crippen molar-refractivity contribution in [3.8, 4) is 5.75 Å². The summed E-state index contributed by atoms with van der Waals surface area (Å²) in [5.74, 6) is 1.05. The van der Waals surface area contributed by atoms with Gasteiger partial charge in [0.25, 0.3) is 0 Å². The number of amides is 1. The number of hydrogen-bond acceptors (Lipinski definition) is 5. The number of ether oxygens (including phenoxy) is 1. The van der Waals surface area contributed by atoms with Gasteiger partial charge in [0.1, 0.15) is 29.9 Å². The normalized spacial score (nSPS) is 11.7. The predicted molar refractivity (Wildman–Crippen MR) is 88.4 cm³/mol. The SMILES string of the molecule is C[C@H](C(=O)Nc1ccccn1)n1cc(COc2ccccc2)nn1. The molecule has 0 saturated heterocycles. The van der Waals surface area contributed by atoms with Crippen molar-refractivity contribution < 1.29 is 9.53 Å². The first kappa shape index (κ1) is 15.7. The van der Waals surface area contributed by atoms with Crippen LogP contribution in [0.4, 0.5) is 5.82 Å². The minimum absolute atomic E-state index is 0.214. The van der Waals surface area contributed by atoms with Crippen LogP contribution in [0.5, 0.6) is 5.75 Å². The number of carbonyl (C=O) groups excluding carboxylic acids is 1. The maximum Gasteiger partial charge on any atom is 0.250 e. The molecule has 7 heteroatoms. The summed E-state index contributed by atoms with van der Waals surface area (Å²) in [5, 5.41) is 10.8. The first-order valence-corrected chi connectivity index (χ1v) is 7.53. The molecular weight excluding hydrogens is 306 g/mol. The van der Waals surface area contributed by atoms with Crippen molar-refractivity contribution in [2.45, 2.75) is 19.6 Å². The molecule has 1 atom stereocenters. The minimum atomic E-state index is -0.509. The van der Waals surface area contributed by atoms with Crippen LogP contribution in [-0.4, -0.2) is 25.9 Å². The summed E-state index contributed by atoms with van der Waals surface area (Å²) in [4.78, 5) is 16.3. The minimum Gasteiger partial charge on any atom is -0.487 e. The second-order valence-electron chi connectivity index (χ2n) is 5.17. The zero-order chi connectivity index (χ0) is 16.8. The maximum absolute atomic E-state index is 12.2. The first-order chi connectivity index (χ1) is 11.7. The van der Waals surface area contributed by atoms with Crippen LogP contribution in [0.3, 0.4) is 0 Å². The third kappa shape index (κ3) is 3.95. The van der Waals surface area contributed by atoms with Crippen LogP contribution in [0.1, 0.15) is 18.7 Å². The zero-order valence-electron chi connectivity index (χ0n) is 13.2. The van der Waals surface area contributed by atoms with Gasteiger partial charge >= 0.3 is 0 Å². The van der Waals surface area contributed by atoms with Crippen LogP contribution in [0, 0.1) is 0 Å². The van der Waals surface area contributed by atoms with Crippen molar-refractivity contribution in [1.29, 1.82) is 0 Å². The highest BCUT2D eigenvalue weighted by Crippen LogP contribution is 2.12. The number of carbonyl (C=O) groups is 1. The Hall–Kier alpha value is -3.22. The standard InChI is InChI=1S/C17H17N5O2/c1-13(17(23)19-16-9-5-6-10-18-16)22-11-14(20-21-22)12-24-15-7-3-2-4-8-15/h2-11,13H,12H2,1H3,(H,18,19,23)/t13-/m1/s1. The van der Waals surface area contributed by atoms with E-state index < -0.39 is 6.04 Å². The van der Waals surface area contributed by atoms with Gasteiger partial charge in [-0.25, -0.2) is 9.67 Å². The lowest BCUT2D eigenvalue weighted by atomic mass is 10.3. The quantitative estimate of drug-likeness (QED) is 0.753. The molecule has 1 aromatic carbocycles. The third-order valence-corrected chi connectivity index (χ3v) is 3.38. The summed E-state index contributed by atoms with van der Waals surface area (Å²) in [6.07, 6.45) is 3.32. The lowest BCUT2D eigenvalue weighted by Crippen LogP contribution is -2.24. The molecule has 2 heterocycles. The molecule has 2 aromatic heterocycles. The summed E-state index contributed by atoms with van der Waals surface area (Å²) >= 11 is 0. The Morgan fingerprint density at radius 2 is 2.00 bits per heavy atom. The zero-order valence-corrected chi connectivity index (χ0v) is 13.2. The molecule has 1 amide bonds. The molecule has 1 N–H and O–H groups in total. The van der Waals surface area contributed by atoms with Crippen LogP contribution < -0.4 is 10.1 Å². The smallest absolute Gasteiger partial charge is 0.250 e. The molecule has 7 nitrogen and oxygen atoms in total. The van der Waals surface area contributed by atoms with Gasteiger partial charge in [-0.3, -0.25) is 4.79 Å². The van der Waals surface area contributed by atoms with Crippen molar-refractivity contribution in [2.75, 3.05) is 5.32 Å². The van der Waals surface area contributed by atoms with Crippen LogP contribution in [0.2, 0.25) is 0 Å². The van der Waals surface area contributed by atoms with Gasteiger partial charge in [-0.1, -0.05) is 29.5 Å². The number of rotatable bonds is 6. The molecule has 0 aliphatic rings. The molecule has 0 bridgehead atoms. The average molecular weight is 323 g/mol. The van der Waals surface area contributed by atoms with Crippen LogP contribution in [0.25, 0.3) is 0 Å². The fourth-order valence-corrected chi connectivity index (χ4v) is 2.03. The monoisotopic (exact) mass is 323 g/mol. The fourth-order valence-electron chi connectivity index (χ4n) is 2.03. The Bertz CT molecular complexity index is 789. The van der Waals surface area contributed by atoms with E-state index >= 15 is 0 Å². The molecule has 0 spiro atoms. The molecular formula is C17H17N5O2. The molecule has 24 heavy (non-hydrogen) atoms. The molecule has 0 aliphatic carbocycles. The highest BCUT2D eigenvalue weighted by molar-refractivity contribution is 5.92. The summed E-state index contributed by atoms with van der Waals surface area (Å²) in [5.41, 5.74) is 0.649. The van der Waals surface area contributed by atoms with E-state index in [1.807, 2.05) is 36.4 Å². The van der Waals surface area contributed by atoms with E-state index in [1.165, 1.54) is 4.68 Å². The molecule has 0 aliphatic heterocycles. The van der Waals surface area contributed by atoms with E-state index in [-0.39, 0.29) is 5.91 Å². The highest BCUT2D eigenvalue weighted by Gasteiger charge is 2.17. The fraction of sp³-hybridized carbons (Fsp3) is 0.176. The van der Waals surface area contributed by atoms with Gasteiger partial charge in [0.05, 0.1) is 6.20 Å². The second-order valence-corrected chi connectivity index (χ2v) is 5.17. The number of aromatic nitrogens is 4. The van der Waals surface area contributed by atoms with E-state index in [4.69, 9.17) is 4.74 Å². The first-order valence-electron chi connectivity index (χ1n) is 7.53. The van der Waals surface area contributed by atoms with Crippen molar-refractivity contribution >= 4 is 11.7 Å². The summed E-state index contributed by atoms with van der Waals surface area (Å²) in [7, 11) is 0. The third-order valence-electron chi connectivity index (χ3n) is 3.38. The van der Waals surface area contributed by atoms with Crippen molar-refractivity contribution in [3.05, 3.63) is 66.6 Å². The number of pyridine rings is 1. The van der Waals surface area contributed by atoms with E-state index in [0.29, 0.717) is 18.1 Å². The Balaban J connectivity index is 1.59. The van der Waals surface area contributed by atoms with E-state index in [0.717, 1.165) is 5.75 Å². The van der Waals surface area contributed by atoms with Crippen LogP contribution in [-0.2, 0) is 11.4 Å².